The van der Waals surface area contributed by atoms with Crippen LogP contribution in [0.1, 0.15) is 31.8 Å². The van der Waals surface area contributed by atoms with Crippen molar-refractivity contribution in [3.8, 4) is 0 Å². The van der Waals surface area contributed by atoms with E-state index in [1.807, 2.05) is 5.38 Å². The van der Waals surface area contributed by atoms with Gasteiger partial charge in [-0.1, -0.05) is 30.3 Å². The molecule has 3 heterocycles. The van der Waals surface area contributed by atoms with Crippen LogP contribution in [0.3, 0.4) is 0 Å². The quantitative estimate of drug-likeness (QED) is 0.229. The lowest BCUT2D eigenvalue weighted by atomic mass is 9.89. The molecule has 0 radical (unpaired) electrons. The van der Waals surface area contributed by atoms with E-state index in [0.29, 0.717) is 27.0 Å². The second kappa shape index (κ2) is 8.05. The van der Waals surface area contributed by atoms with E-state index in [-0.39, 0.29) is 5.69 Å². The number of H-pyrrole nitrogens is 1. The summed E-state index contributed by atoms with van der Waals surface area (Å²) in [4.78, 5) is 53.2. The molecule has 1 aliphatic rings. The number of aromatic nitrogens is 2. The minimum atomic E-state index is -1.23. The molecule has 1 saturated heterocycles. The monoisotopic (exact) mass is 523 g/mol. The zero-order valence-corrected chi connectivity index (χ0v) is 19.1. The number of aromatic amines is 1. The van der Waals surface area contributed by atoms with Gasteiger partial charge in [-0.05, 0) is 40.2 Å². The van der Waals surface area contributed by atoms with Gasteiger partial charge in [0.2, 0.25) is 5.78 Å². The predicted octanol–water partition coefficient (Wildman–Crippen LogP) is 4.24. The number of carbonyl (C=O) groups excluding carboxylic acids is 3. The number of carbonyl (C=O) groups is 4. The fourth-order valence-corrected chi connectivity index (χ4v) is 5.65. The number of rotatable bonds is 5. The average molecular weight is 524 g/mol. The van der Waals surface area contributed by atoms with Crippen molar-refractivity contribution in [2.24, 2.45) is 5.92 Å². The largest absolute Gasteiger partial charge is 0.476 e. The molecule has 33 heavy (non-hydrogen) atoms. The molecule has 0 saturated carbocycles. The highest BCUT2D eigenvalue weighted by Gasteiger charge is 2.52. The van der Waals surface area contributed by atoms with E-state index in [2.05, 4.69) is 26.1 Å². The van der Waals surface area contributed by atoms with Crippen LogP contribution in [0.25, 0.3) is 10.9 Å². The van der Waals surface area contributed by atoms with Crippen molar-refractivity contribution in [1.29, 1.82) is 0 Å². The zero-order valence-electron chi connectivity index (χ0n) is 16.7. The van der Waals surface area contributed by atoms with Gasteiger partial charge in [0.25, 0.3) is 5.91 Å². The predicted molar refractivity (Wildman–Crippen MR) is 125 cm³/mol. The number of carboxylic acids is 1. The van der Waals surface area contributed by atoms with Crippen LogP contribution in [0.5, 0.6) is 0 Å². The Bertz CT molecular complexity index is 1440. The van der Waals surface area contributed by atoms with Gasteiger partial charge < -0.3 is 5.11 Å². The van der Waals surface area contributed by atoms with Crippen LogP contribution in [-0.4, -0.2) is 38.7 Å². The molecule has 1 amide bonds. The fraction of sp³-hybridized carbons (Fsp3) is 0.0870. The molecule has 8 nitrogen and oxygen atoms in total. The molecule has 1 aliphatic heterocycles. The van der Waals surface area contributed by atoms with Gasteiger partial charge >= 0.3 is 5.97 Å². The summed E-state index contributed by atoms with van der Waals surface area (Å²) in [6.07, 6.45) is 0. The Labute approximate surface area is 199 Å². The Morgan fingerprint density at radius 1 is 1.09 bits per heavy atom. The van der Waals surface area contributed by atoms with Gasteiger partial charge in [-0.15, -0.1) is 11.3 Å². The lowest BCUT2D eigenvalue weighted by Crippen LogP contribution is -2.30. The number of hydrogen-bond donors (Lipinski definition) is 2. The van der Waals surface area contributed by atoms with Crippen LogP contribution in [-0.2, 0) is 9.59 Å². The van der Waals surface area contributed by atoms with Gasteiger partial charge in [0.05, 0.1) is 11.6 Å². The zero-order chi connectivity index (χ0) is 23.3. The van der Waals surface area contributed by atoms with E-state index >= 15 is 0 Å². The van der Waals surface area contributed by atoms with Crippen molar-refractivity contribution in [2.75, 3.05) is 4.90 Å². The summed E-state index contributed by atoms with van der Waals surface area (Å²) in [6, 6.07) is 14.0. The molecule has 164 valence electrons. The number of fused-ring (bicyclic) bond motifs is 1. The Balaban J connectivity index is 1.67. The first kappa shape index (κ1) is 21.2. The molecule has 2 atom stereocenters. The van der Waals surface area contributed by atoms with Crippen LogP contribution >= 0.6 is 27.3 Å². The van der Waals surface area contributed by atoms with E-state index in [0.717, 1.165) is 4.47 Å². The maximum absolute atomic E-state index is 13.4. The van der Waals surface area contributed by atoms with Crippen LogP contribution in [0.2, 0.25) is 0 Å². The van der Waals surface area contributed by atoms with E-state index in [9.17, 15) is 24.3 Å². The SMILES string of the molecule is O=C(O)c1n[nH]c2ccc(N3C(=O)C(=O)C(C(=O)c4ccccc4)C3c3cc(Br)cs3)cc12. The normalized spacial score (nSPS) is 18.3. The first-order valence-electron chi connectivity index (χ1n) is 9.79. The lowest BCUT2D eigenvalue weighted by molar-refractivity contribution is -0.135. The summed E-state index contributed by atoms with van der Waals surface area (Å²) in [5.74, 6) is -4.52. The Morgan fingerprint density at radius 2 is 1.85 bits per heavy atom. The molecule has 0 aliphatic carbocycles. The molecule has 1 fully saturated rings. The second-order valence-corrected chi connectivity index (χ2v) is 9.33. The summed E-state index contributed by atoms with van der Waals surface area (Å²) >= 11 is 4.72. The van der Waals surface area contributed by atoms with Crippen LogP contribution in [0.4, 0.5) is 5.69 Å². The van der Waals surface area contributed by atoms with Crippen LogP contribution in [0, 0.1) is 5.92 Å². The van der Waals surface area contributed by atoms with Gasteiger partial charge in [-0.2, -0.15) is 5.10 Å². The maximum Gasteiger partial charge on any atom is 0.357 e. The minimum absolute atomic E-state index is 0.197. The molecular weight excluding hydrogens is 510 g/mol. The molecule has 4 aromatic rings. The number of anilines is 1. The summed E-state index contributed by atoms with van der Waals surface area (Å²) in [5, 5.41) is 18.0. The van der Waals surface area contributed by atoms with Gasteiger partial charge in [0.1, 0.15) is 5.92 Å². The molecule has 2 N–H and O–H groups in total. The molecule has 2 aromatic carbocycles. The number of nitrogens with zero attached hydrogens (tertiary/aromatic N) is 2. The second-order valence-electron chi connectivity index (χ2n) is 7.47. The molecule has 2 unspecified atom stereocenters. The first-order chi connectivity index (χ1) is 15.9. The molecular formula is C23H14BrN3O5S. The summed E-state index contributed by atoms with van der Waals surface area (Å²) in [5.41, 5.74) is 0.922. The van der Waals surface area contributed by atoms with Gasteiger partial charge in [0.15, 0.2) is 11.5 Å². The van der Waals surface area contributed by atoms with E-state index < -0.39 is 35.4 Å². The Kier molecular flexibility index (Phi) is 5.18. The van der Waals surface area contributed by atoms with Crippen molar-refractivity contribution in [3.05, 3.63) is 80.6 Å². The number of carboxylic acid groups (broad SMARTS) is 1. The lowest BCUT2D eigenvalue weighted by Gasteiger charge is -2.26. The Morgan fingerprint density at radius 3 is 2.52 bits per heavy atom. The van der Waals surface area contributed by atoms with Crippen LogP contribution in [0.15, 0.2) is 64.5 Å². The third-order valence-electron chi connectivity index (χ3n) is 5.55. The number of thiophene rings is 1. The standard InChI is InChI=1S/C23H14BrN3O5S/c24-12-8-16(33-10-12)19-17(20(28)11-4-2-1-3-5-11)21(29)22(30)27(19)13-6-7-15-14(9-13)18(23(31)32)26-25-15/h1-10,17,19H,(H,25,26)(H,31,32). The third-order valence-corrected chi connectivity index (χ3v) is 7.32. The van der Waals surface area contributed by atoms with Crippen molar-refractivity contribution in [1.82, 2.24) is 10.2 Å². The maximum atomic E-state index is 13.4. The summed E-state index contributed by atoms with van der Waals surface area (Å²) < 4.78 is 0.763. The molecule has 10 heteroatoms. The van der Waals surface area contributed by atoms with Gasteiger partial charge in [0, 0.05) is 31.4 Å². The van der Waals surface area contributed by atoms with Crippen molar-refractivity contribution in [2.45, 2.75) is 6.04 Å². The third kappa shape index (κ3) is 3.47. The summed E-state index contributed by atoms with van der Waals surface area (Å²) in [7, 11) is 0. The summed E-state index contributed by atoms with van der Waals surface area (Å²) in [6.45, 7) is 0. The van der Waals surface area contributed by atoms with Crippen LogP contribution < -0.4 is 4.90 Å². The smallest absolute Gasteiger partial charge is 0.357 e. The van der Waals surface area contributed by atoms with E-state index in [1.54, 1.807) is 48.5 Å². The van der Waals surface area contributed by atoms with E-state index in [4.69, 9.17) is 0 Å². The van der Waals surface area contributed by atoms with Gasteiger partial charge in [-0.25, -0.2) is 4.79 Å². The molecule has 0 bridgehead atoms. The number of aromatic carboxylic acids is 1. The molecule has 0 spiro atoms. The van der Waals surface area contributed by atoms with Gasteiger partial charge in [-0.3, -0.25) is 24.4 Å². The molecule has 5 rings (SSSR count). The Hall–Kier alpha value is -3.63. The highest BCUT2D eigenvalue weighted by Crippen LogP contribution is 2.44. The minimum Gasteiger partial charge on any atom is -0.476 e. The number of hydrogen-bond acceptors (Lipinski definition) is 6. The number of benzene rings is 2. The number of nitrogens with one attached hydrogen (secondary N) is 1. The fourth-order valence-electron chi connectivity index (χ4n) is 4.08. The topological polar surface area (TPSA) is 120 Å². The van der Waals surface area contributed by atoms with E-state index in [1.165, 1.54) is 22.3 Å². The number of halogens is 1. The molecule has 2 aromatic heterocycles. The highest BCUT2D eigenvalue weighted by atomic mass is 79.9. The highest BCUT2D eigenvalue weighted by molar-refractivity contribution is 9.10. The number of Topliss-reactive ketones (excluding diaryl/α,β-unsaturated/α-hetero) is 2. The first-order valence-corrected chi connectivity index (χ1v) is 11.5. The number of ketones is 2. The average Bonchev–Trinajstić information content (AvgIpc) is 3.50. The number of amides is 1. The van der Waals surface area contributed by atoms with Crippen molar-refractivity contribution >= 4 is 67.3 Å². The van der Waals surface area contributed by atoms with Crippen molar-refractivity contribution in [3.63, 3.8) is 0 Å². The van der Waals surface area contributed by atoms with Crippen molar-refractivity contribution < 1.29 is 24.3 Å².